The Morgan fingerprint density at radius 3 is 2.42 bits per heavy atom. The number of hydrogen-bond acceptors (Lipinski definition) is 2. The highest BCUT2D eigenvalue weighted by molar-refractivity contribution is 5.06. The fraction of sp³-hybridized carbons (Fsp3) is 0.286. The SMILES string of the molecule is NCc1c#cc(C(F)(F)F)nc1. The summed E-state index contributed by atoms with van der Waals surface area (Å²) in [6, 6.07) is 4.15. The van der Waals surface area contributed by atoms with Crippen molar-refractivity contribution in [2.75, 3.05) is 0 Å². The van der Waals surface area contributed by atoms with Gasteiger partial charge in [0.2, 0.25) is 0 Å². The smallest absolute Gasteiger partial charge is 0.326 e. The normalized spacial score (nSPS) is 11.0. The lowest BCUT2D eigenvalue weighted by Crippen LogP contribution is -2.07. The highest BCUT2D eigenvalue weighted by Crippen LogP contribution is 2.25. The third kappa shape index (κ3) is 1.86. The van der Waals surface area contributed by atoms with Gasteiger partial charge in [0, 0.05) is 18.3 Å². The molecule has 1 rings (SSSR count). The van der Waals surface area contributed by atoms with E-state index in [0.717, 1.165) is 6.20 Å². The monoisotopic (exact) mass is 174 g/mol. The van der Waals surface area contributed by atoms with E-state index in [-0.39, 0.29) is 6.54 Å². The van der Waals surface area contributed by atoms with Crippen LogP contribution in [0.5, 0.6) is 0 Å². The average Bonchev–Trinajstić information content (AvgIpc) is 2.03. The van der Waals surface area contributed by atoms with Crippen LogP contribution in [0.2, 0.25) is 0 Å². The summed E-state index contributed by atoms with van der Waals surface area (Å²) in [6.07, 6.45) is -3.41. The number of rotatable bonds is 1. The van der Waals surface area contributed by atoms with Crippen molar-refractivity contribution in [3.8, 4) is 0 Å². The summed E-state index contributed by atoms with van der Waals surface area (Å²) < 4.78 is 35.6. The van der Waals surface area contributed by atoms with Gasteiger partial charge in [-0.1, -0.05) is 6.07 Å². The Labute approximate surface area is 67.2 Å². The number of nitrogens with zero attached hydrogens (tertiary/aromatic N) is 1. The molecule has 0 saturated carbocycles. The lowest BCUT2D eigenvalue weighted by Gasteiger charge is -2.01. The van der Waals surface area contributed by atoms with Crippen molar-refractivity contribution in [2.24, 2.45) is 5.73 Å². The van der Waals surface area contributed by atoms with Gasteiger partial charge in [0.1, 0.15) is 0 Å². The number of hydrogen-bond donors (Lipinski definition) is 1. The van der Waals surface area contributed by atoms with Crippen LogP contribution in [0.1, 0.15) is 11.3 Å². The molecule has 0 aromatic carbocycles. The molecular weight excluding hydrogens is 169 g/mol. The minimum atomic E-state index is -4.45. The second-order valence-corrected chi connectivity index (χ2v) is 2.08. The minimum absolute atomic E-state index is 0.113. The summed E-state index contributed by atoms with van der Waals surface area (Å²) in [5.41, 5.74) is 4.47. The molecule has 0 aliphatic heterocycles. The minimum Gasteiger partial charge on any atom is -0.326 e. The van der Waals surface area contributed by atoms with E-state index in [1.54, 1.807) is 0 Å². The molecule has 2 nitrogen and oxygen atoms in total. The van der Waals surface area contributed by atoms with Gasteiger partial charge in [-0.3, -0.25) is 0 Å². The molecule has 0 radical (unpaired) electrons. The first-order valence-corrected chi connectivity index (χ1v) is 3.10. The molecule has 1 aromatic heterocycles. The molecule has 2 N–H and O–H groups in total. The molecule has 0 spiro atoms. The van der Waals surface area contributed by atoms with E-state index >= 15 is 0 Å². The summed E-state index contributed by atoms with van der Waals surface area (Å²) in [7, 11) is 0. The number of nitrogens with two attached hydrogens (primary N) is 1. The van der Waals surface area contributed by atoms with E-state index in [4.69, 9.17) is 5.73 Å². The molecule has 0 aliphatic carbocycles. The topological polar surface area (TPSA) is 38.9 Å². The molecule has 0 fully saturated rings. The van der Waals surface area contributed by atoms with Crippen LogP contribution in [-0.4, -0.2) is 4.98 Å². The van der Waals surface area contributed by atoms with Crippen molar-refractivity contribution in [3.63, 3.8) is 0 Å². The van der Waals surface area contributed by atoms with Crippen LogP contribution < -0.4 is 5.73 Å². The maximum absolute atomic E-state index is 11.9. The molecule has 12 heavy (non-hydrogen) atoms. The highest BCUT2D eigenvalue weighted by atomic mass is 19.4. The van der Waals surface area contributed by atoms with Crippen molar-refractivity contribution in [1.82, 2.24) is 4.98 Å². The van der Waals surface area contributed by atoms with E-state index in [9.17, 15) is 13.2 Å². The van der Waals surface area contributed by atoms with Gasteiger partial charge in [-0.25, -0.2) is 4.98 Å². The second kappa shape index (κ2) is 2.99. The van der Waals surface area contributed by atoms with Crippen molar-refractivity contribution in [3.05, 3.63) is 29.6 Å². The van der Waals surface area contributed by atoms with Gasteiger partial charge in [0.15, 0.2) is 5.69 Å². The number of aromatic nitrogens is 1. The van der Waals surface area contributed by atoms with Crippen LogP contribution >= 0.6 is 0 Å². The average molecular weight is 174 g/mol. The van der Waals surface area contributed by atoms with Gasteiger partial charge in [-0.2, -0.15) is 13.2 Å². The van der Waals surface area contributed by atoms with Crippen molar-refractivity contribution >= 4 is 0 Å². The molecule has 1 heterocycles. The fourth-order valence-electron chi connectivity index (χ4n) is 0.594. The molecule has 0 aliphatic rings. The van der Waals surface area contributed by atoms with Crippen LogP contribution in [0.25, 0.3) is 0 Å². The summed E-state index contributed by atoms with van der Waals surface area (Å²) in [5, 5.41) is 0. The largest absolute Gasteiger partial charge is 0.441 e. The van der Waals surface area contributed by atoms with Crippen LogP contribution in [0.15, 0.2) is 6.20 Å². The molecule has 1 aromatic rings. The van der Waals surface area contributed by atoms with E-state index in [2.05, 4.69) is 11.1 Å². The predicted octanol–water partition coefficient (Wildman–Crippen LogP) is 1.16. The van der Waals surface area contributed by atoms with E-state index in [0.29, 0.717) is 5.56 Å². The zero-order chi connectivity index (χ0) is 9.19. The third-order valence-corrected chi connectivity index (χ3v) is 1.18. The van der Waals surface area contributed by atoms with Gasteiger partial charge in [-0.15, -0.1) is 0 Å². The Balaban J connectivity index is 2.93. The quantitative estimate of drug-likeness (QED) is 0.693. The molecule has 0 atom stereocenters. The molecule has 0 saturated heterocycles. The maximum Gasteiger partial charge on any atom is 0.441 e. The molecule has 0 bridgehead atoms. The van der Waals surface area contributed by atoms with E-state index in [1.165, 1.54) is 0 Å². The Morgan fingerprint density at radius 1 is 1.42 bits per heavy atom. The van der Waals surface area contributed by atoms with Crippen molar-refractivity contribution in [1.29, 1.82) is 0 Å². The zero-order valence-corrected chi connectivity index (χ0v) is 5.94. The highest BCUT2D eigenvalue weighted by Gasteiger charge is 2.32. The predicted molar refractivity (Wildman–Crippen MR) is 34.8 cm³/mol. The molecule has 64 valence electrons. The lowest BCUT2D eigenvalue weighted by molar-refractivity contribution is -0.141. The molecular formula is C7H5F3N2. The Hall–Kier alpha value is -1.28. The van der Waals surface area contributed by atoms with Crippen LogP contribution in [-0.2, 0) is 12.7 Å². The molecule has 0 unspecified atom stereocenters. The summed E-state index contributed by atoms with van der Waals surface area (Å²) in [4.78, 5) is 3.13. The van der Waals surface area contributed by atoms with E-state index in [1.807, 2.05) is 6.07 Å². The second-order valence-electron chi connectivity index (χ2n) is 2.08. The van der Waals surface area contributed by atoms with Crippen LogP contribution in [0.4, 0.5) is 13.2 Å². The first kappa shape index (κ1) is 8.81. The summed E-state index contributed by atoms with van der Waals surface area (Å²) >= 11 is 0. The number of alkyl halides is 3. The summed E-state index contributed by atoms with van der Waals surface area (Å²) in [5.74, 6) is 0. The summed E-state index contributed by atoms with van der Waals surface area (Å²) in [6.45, 7) is 0.113. The van der Waals surface area contributed by atoms with Crippen molar-refractivity contribution < 1.29 is 13.2 Å². The van der Waals surface area contributed by atoms with Crippen molar-refractivity contribution in [2.45, 2.75) is 12.7 Å². The van der Waals surface area contributed by atoms with Crippen LogP contribution in [0, 0.1) is 12.1 Å². The Morgan fingerprint density at radius 2 is 2.08 bits per heavy atom. The first-order valence-electron chi connectivity index (χ1n) is 3.10. The first-order chi connectivity index (χ1) is 5.54. The van der Waals surface area contributed by atoms with Gasteiger partial charge < -0.3 is 5.73 Å². The number of halogens is 3. The van der Waals surface area contributed by atoms with Gasteiger partial charge in [-0.05, 0) is 6.07 Å². The lowest BCUT2D eigenvalue weighted by atomic mass is 10.3. The van der Waals surface area contributed by atoms with Gasteiger partial charge >= 0.3 is 6.18 Å². The molecule has 5 heteroatoms. The molecule has 0 amide bonds. The maximum atomic E-state index is 11.9. The Bertz CT molecular complexity index is 252. The third-order valence-electron chi connectivity index (χ3n) is 1.18. The fourth-order valence-corrected chi connectivity index (χ4v) is 0.594. The van der Waals surface area contributed by atoms with Crippen LogP contribution in [0.3, 0.4) is 0 Å². The van der Waals surface area contributed by atoms with Gasteiger partial charge in [0.05, 0.1) is 0 Å². The van der Waals surface area contributed by atoms with Gasteiger partial charge in [0.25, 0.3) is 0 Å². The standard InChI is InChI=1S/C7H5F3N2/c8-7(9,10)6-2-1-5(3-11)4-12-6/h4H,3,11H2. The van der Waals surface area contributed by atoms with E-state index < -0.39 is 11.9 Å². The Kier molecular flexibility index (Phi) is 2.20. The zero-order valence-electron chi connectivity index (χ0n) is 5.94.